The van der Waals surface area contributed by atoms with Crippen LogP contribution in [0.2, 0.25) is 0 Å². The molecule has 2 fully saturated rings. The van der Waals surface area contributed by atoms with Gasteiger partial charge < -0.3 is 45.6 Å². The van der Waals surface area contributed by atoms with Crippen molar-refractivity contribution in [2.45, 2.75) is 182 Å². The average Bonchev–Trinajstić information content (AvgIpc) is 3.88. The number of carbonyl (C=O) groups excluding carboxylic acids is 9. The molecule has 11 atom stereocenters. The van der Waals surface area contributed by atoms with Crippen molar-refractivity contribution in [3.8, 4) is 0 Å². The van der Waals surface area contributed by atoms with Gasteiger partial charge >= 0.3 is 5.97 Å². The molecular formula is C59H90N8O10. The first-order valence-electron chi connectivity index (χ1n) is 27.9. The Kier molecular flexibility index (Phi) is 23.7. The van der Waals surface area contributed by atoms with E-state index in [0.717, 1.165) is 5.56 Å². The highest BCUT2D eigenvalue weighted by atomic mass is 16.6. The van der Waals surface area contributed by atoms with Crippen molar-refractivity contribution in [1.82, 2.24) is 40.9 Å². The minimum absolute atomic E-state index is 0.00804. The summed E-state index contributed by atoms with van der Waals surface area (Å²) in [6.07, 6.45) is 0.439. The third-order valence-electron chi connectivity index (χ3n) is 15.4. The van der Waals surface area contributed by atoms with Crippen LogP contribution >= 0.6 is 0 Å². The van der Waals surface area contributed by atoms with E-state index in [1.807, 2.05) is 83.1 Å². The number of ether oxygens (including phenoxy) is 1. The second kappa shape index (κ2) is 28.9. The van der Waals surface area contributed by atoms with Crippen molar-refractivity contribution < 1.29 is 47.9 Å². The topological polar surface area (TPSA) is 224 Å². The fourth-order valence-electron chi connectivity index (χ4n) is 10.6. The molecule has 0 spiro atoms. The van der Waals surface area contributed by atoms with Crippen molar-refractivity contribution in [1.29, 1.82) is 0 Å². The van der Waals surface area contributed by atoms with E-state index in [4.69, 9.17) is 4.74 Å². The van der Waals surface area contributed by atoms with Crippen LogP contribution in [0.4, 0.5) is 0 Å². The highest BCUT2D eigenvalue weighted by molar-refractivity contribution is 5.99. The molecule has 0 radical (unpaired) electrons. The number of esters is 1. The zero-order chi connectivity index (χ0) is 57.6. The average molecular weight is 1070 g/mol. The van der Waals surface area contributed by atoms with Gasteiger partial charge in [0.1, 0.15) is 48.3 Å². The van der Waals surface area contributed by atoms with Crippen molar-refractivity contribution in [3.63, 3.8) is 0 Å². The quantitative estimate of drug-likeness (QED) is 0.198. The number of nitrogens with one attached hydrogen (secondary N) is 4. The van der Waals surface area contributed by atoms with Gasteiger partial charge in [-0.1, -0.05) is 150 Å². The molecule has 4 N–H and O–H groups in total. The maximum absolute atomic E-state index is 15.0. The lowest BCUT2D eigenvalue weighted by atomic mass is 9.94. The summed E-state index contributed by atoms with van der Waals surface area (Å²) in [6.45, 7) is 21.8. The number of carbonyl (C=O) groups is 9. The lowest BCUT2D eigenvalue weighted by Crippen LogP contribution is -2.62. The number of likely N-dealkylation sites (N-methyl/N-ethyl adjacent to an activating group) is 3. The molecule has 18 nitrogen and oxygen atoms in total. The predicted molar refractivity (Wildman–Crippen MR) is 295 cm³/mol. The molecule has 0 bridgehead atoms. The van der Waals surface area contributed by atoms with Gasteiger partial charge in [0.05, 0.1) is 0 Å². The van der Waals surface area contributed by atoms with Crippen molar-refractivity contribution in [2.75, 3.05) is 27.7 Å². The third kappa shape index (κ3) is 16.4. The number of cyclic esters (lactones) is 1. The van der Waals surface area contributed by atoms with Gasteiger partial charge in [-0.25, -0.2) is 4.79 Å². The van der Waals surface area contributed by atoms with E-state index >= 15 is 4.79 Å². The first kappa shape index (κ1) is 63.2. The van der Waals surface area contributed by atoms with Gasteiger partial charge in [-0.3, -0.25) is 38.4 Å². The monoisotopic (exact) mass is 1070 g/mol. The SMILES string of the molecule is CC[C@H](C)C1NC(=O)C2CCCN2C(=O)[C@@H](Cc2ccccc2)NC(=O)[C@@H](Cc2ccccc2)NC(=O)[C@@H](C(C)C)N(C)C(=O)[C@H]([C@@H](C)CC)OC(=O)[C@H](C(C)C)N(C)C(=O)[C@H](CC(C)C)NC(=O)[C@H](C(C)C)N(C)C1=O. The molecule has 2 aromatic carbocycles. The molecule has 0 aliphatic carbocycles. The predicted octanol–water partition coefficient (Wildman–Crippen LogP) is 4.91. The van der Waals surface area contributed by atoms with E-state index in [1.165, 1.54) is 40.7 Å². The molecule has 2 saturated heterocycles. The van der Waals surface area contributed by atoms with Crippen molar-refractivity contribution in [2.24, 2.45) is 35.5 Å². The summed E-state index contributed by atoms with van der Waals surface area (Å²) in [7, 11) is 4.40. The number of rotatable bonds is 13. The maximum atomic E-state index is 15.0. The summed E-state index contributed by atoms with van der Waals surface area (Å²) in [5, 5.41) is 11.8. The van der Waals surface area contributed by atoms with Gasteiger partial charge in [0.2, 0.25) is 41.4 Å². The first-order valence-corrected chi connectivity index (χ1v) is 27.9. The van der Waals surface area contributed by atoms with Crippen molar-refractivity contribution >= 4 is 53.2 Å². The number of hydrogen-bond donors (Lipinski definition) is 4. The molecule has 2 unspecified atom stereocenters. The summed E-state index contributed by atoms with van der Waals surface area (Å²) in [5.74, 6) is -8.33. The highest BCUT2D eigenvalue weighted by Gasteiger charge is 2.45. The second-order valence-corrected chi connectivity index (χ2v) is 22.9. The van der Waals surface area contributed by atoms with Crippen LogP contribution in [0.1, 0.15) is 126 Å². The summed E-state index contributed by atoms with van der Waals surface area (Å²) < 4.78 is 6.17. The van der Waals surface area contributed by atoms with Gasteiger partial charge in [0.15, 0.2) is 6.10 Å². The maximum Gasteiger partial charge on any atom is 0.329 e. The van der Waals surface area contributed by atoms with Crippen LogP contribution in [0.25, 0.3) is 0 Å². The smallest absolute Gasteiger partial charge is 0.329 e. The Morgan fingerprint density at radius 3 is 1.44 bits per heavy atom. The number of fused-ring (bicyclic) bond motifs is 1. The third-order valence-corrected chi connectivity index (χ3v) is 15.4. The van der Waals surface area contributed by atoms with Gasteiger partial charge in [-0.2, -0.15) is 0 Å². The van der Waals surface area contributed by atoms with E-state index in [2.05, 4.69) is 21.3 Å². The Hall–Kier alpha value is -6.33. The van der Waals surface area contributed by atoms with Gasteiger partial charge in [-0.15, -0.1) is 0 Å². The van der Waals surface area contributed by atoms with E-state index in [-0.39, 0.29) is 38.1 Å². The molecule has 77 heavy (non-hydrogen) atoms. The van der Waals surface area contributed by atoms with Gasteiger partial charge in [-0.05, 0) is 66.4 Å². The summed E-state index contributed by atoms with van der Waals surface area (Å²) >= 11 is 0. The summed E-state index contributed by atoms with van der Waals surface area (Å²) in [4.78, 5) is 138. The minimum Gasteiger partial charge on any atom is -0.450 e. The van der Waals surface area contributed by atoms with E-state index in [9.17, 15) is 38.4 Å². The van der Waals surface area contributed by atoms with Crippen LogP contribution in [0, 0.1) is 35.5 Å². The second-order valence-electron chi connectivity index (χ2n) is 22.9. The molecule has 18 heteroatoms. The van der Waals surface area contributed by atoms with Crippen molar-refractivity contribution in [3.05, 3.63) is 71.8 Å². The number of hydrogen-bond acceptors (Lipinski definition) is 10. The molecule has 2 aromatic rings. The Bertz CT molecular complexity index is 2350. The van der Waals surface area contributed by atoms with Crippen LogP contribution < -0.4 is 21.3 Å². The van der Waals surface area contributed by atoms with E-state index < -0.39 is 137 Å². The van der Waals surface area contributed by atoms with Crippen LogP contribution in [-0.2, 0) is 60.7 Å². The van der Waals surface area contributed by atoms with Crippen LogP contribution in [-0.4, -0.2) is 155 Å². The van der Waals surface area contributed by atoms with Crippen LogP contribution in [0.5, 0.6) is 0 Å². The molecule has 8 amide bonds. The normalized spacial score (nSPS) is 26.6. The lowest BCUT2D eigenvalue weighted by Gasteiger charge is -2.38. The Morgan fingerprint density at radius 1 is 0.506 bits per heavy atom. The fraction of sp³-hybridized carbons (Fsp3) is 0.644. The Labute approximate surface area is 457 Å². The number of benzene rings is 2. The first-order chi connectivity index (χ1) is 36.2. The van der Waals surface area contributed by atoms with Gasteiger partial charge in [0.25, 0.3) is 5.91 Å². The number of nitrogens with zero attached hydrogens (tertiary/aromatic N) is 4. The van der Waals surface area contributed by atoms with E-state index in [1.54, 1.807) is 60.6 Å². The van der Waals surface area contributed by atoms with E-state index in [0.29, 0.717) is 24.8 Å². The molecule has 4 rings (SSSR count). The Balaban J connectivity index is 1.93. The fourth-order valence-corrected chi connectivity index (χ4v) is 10.6. The number of amides is 8. The Morgan fingerprint density at radius 2 is 0.961 bits per heavy atom. The molecule has 2 heterocycles. The highest BCUT2D eigenvalue weighted by Crippen LogP contribution is 2.26. The molecule has 2 aliphatic rings. The molecule has 2 aliphatic heterocycles. The van der Waals surface area contributed by atoms with Gasteiger partial charge in [0, 0.05) is 46.4 Å². The molecule has 0 saturated carbocycles. The van der Waals surface area contributed by atoms with Crippen LogP contribution in [0.15, 0.2) is 60.7 Å². The zero-order valence-electron chi connectivity index (χ0n) is 48.5. The summed E-state index contributed by atoms with van der Waals surface area (Å²) in [5.41, 5.74) is 1.43. The minimum atomic E-state index is -1.40. The molecule has 0 aromatic heterocycles. The molecular weight excluding hydrogens is 981 g/mol. The molecule has 426 valence electrons. The van der Waals surface area contributed by atoms with Crippen LogP contribution in [0.3, 0.4) is 0 Å². The lowest BCUT2D eigenvalue weighted by molar-refractivity contribution is -0.172. The zero-order valence-corrected chi connectivity index (χ0v) is 48.5. The standard InChI is InChI=1S/C59H90N8O10/c1-16-38(11)46-57(74)64(13)47(35(5)6)54(71)62-43(31-34(3)4)55(72)66(15)49(37(9)10)59(76)77-50(39(12)17-2)58(75)65(14)48(36(7)8)53(70)60-42(32-40-25-20-18-21-26-40)51(68)61-44(33-41-27-22-19-23-28-41)56(73)67-30-24-29-45(67)52(69)63-46/h18-23,25-28,34-39,42-50H,16-17,24,29-33H2,1-15H3,(H,60,70)(H,61,68)(H,62,71)(H,63,69)/t38-,39-,42+,43-,44+,45?,46?,47-,48+,49-,50-/m0/s1. The summed E-state index contributed by atoms with van der Waals surface area (Å²) in [6, 6.07) is 8.88. The largest absolute Gasteiger partial charge is 0.450 e.